The van der Waals surface area contributed by atoms with Crippen molar-refractivity contribution in [2.45, 2.75) is 18.7 Å². The number of hydrogen-bond acceptors (Lipinski definition) is 3. The average molecular weight is 277 g/mol. The minimum Gasteiger partial charge on any atom is -0.347 e. The molecule has 1 aromatic carbocycles. The largest absolute Gasteiger partial charge is 0.347 e. The molecule has 6 heteroatoms. The Balaban J connectivity index is 1.79. The van der Waals surface area contributed by atoms with Gasteiger partial charge in [-0.3, -0.25) is 0 Å². The first-order chi connectivity index (χ1) is 9.15. The lowest BCUT2D eigenvalue weighted by molar-refractivity contribution is 0.385. The van der Waals surface area contributed by atoms with Crippen LogP contribution in [0.4, 0.5) is 0 Å². The molecule has 0 amide bonds. The third kappa shape index (κ3) is 2.54. The molecule has 0 fully saturated rings. The Labute approximate surface area is 112 Å². The molecule has 0 radical (unpaired) electrons. The van der Waals surface area contributed by atoms with Crippen molar-refractivity contribution in [1.82, 2.24) is 14.3 Å². The van der Waals surface area contributed by atoms with Gasteiger partial charge in [0.25, 0.3) is 0 Å². The van der Waals surface area contributed by atoms with E-state index in [1.165, 1.54) is 4.31 Å². The Morgan fingerprint density at radius 2 is 2.05 bits per heavy atom. The van der Waals surface area contributed by atoms with Crippen molar-refractivity contribution in [3.63, 3.8) is 0 Å². The fraction of sp³-hybridized carbons (Fsp3) is 0.308. The zero-order valence-corrected chi connectivity index (χ0v) is 11.2. The van der Waals surface area contributed by atoms with Crippen LogP contribution in [0, 0.1) is 0 Å². The van der Waals surface area contributed by atoms with Crippen LogP contribution < -0.4 is 0 Å². The number of aromatic nitrogens is 2. The molecule has 19 heavy (non-hydrogen) atoms. The van der Waals surface area contributed by atoms with Crippen molar-refractivity contribution in [2.75, 3.05) is 6.54 Å². The van der Waals surface area contributed by atoms with E-state index < -0.39 is 10.0 Å². The molecule has 1 aliphatic heterocycles. The summed E-state index contributed by atoms with van der Waals surface area (Å²) in [5, 5.41) is 0. The first kappa shape index (κ1) is 12.4. The lowest BCUT2D eigenvalue weighted by Gasteiger charge is -2.25. The molecule has 1 aromatic heterocycles. The van der Waals surface area contributed by atoms with Gasteiger partial charge in [0.2, 0.25) is 10.0 Å². The van der Waals surface area contributed by atoms with Gasteiger partial charge in [-0.2, -0.15) is 4.31 Å². The molecule has 3 rings (SSSR count). The van der Waals surface area contributed by atoms with Gasteiger partial charge in [-0.05, 0) is 5.56 Å². The van der Waals surface area contributed by atoms with Gasteiger partial charge in [0.05, 0.1) is 30.0 Å². The van der Waals surface area contributed by atoms with E-state index in [0.717, 1.165) is 17.0 Å². The molecule has 0 atom stereocenters. The van der Waals surface area contributed by atoms with E-state index in [0.29, 0.717) is 19.5 Å². The summed E-state index contributed by atoms with van der Waals surface area (Å²) in [5.74, 6) is 0.0529. The molecule has 0 spiro atoms. The quantitative estimate of drug-likeness (QED) is 0.919. The van der Waals surface area contributed by atoms with E-state index in [1.807, 2.05) is 30.3 Å². The average Bonchev–Trinajstić information content (AvgIpc) is 2.86. The summed E-state index contributed by atoms with van der Waals surface area (Å²) < 4.78 is 26.3. The Morgan fingerprint density at radius 1 is 1.26 bits per heavy atom. The van der Waals surface area contributed by atoms with Crippen LogP contribution in [0.25, 0.3) is 0 Å². The van der Waals surface area contributed by atoms with Crippen molar-refractivity contribution < 1.29 is 8.42 Å². The number of nitrogens with zero attached hydrogens (tertiary/aromatic N) is 2. The molecule has 0 aliphatic carbocycles. The van der Waals surface area contributed by atoms with Gasteiger partial charge in [-0.25, -0.2) is 13.4 Å². The summed E-state index contributed by atoms with van der Waals surface area (Å²) >= 11 is 0. The molecule has 0 unspecified atom stereocenters. The summed E-state index contributed by atoms with van der Waals surface area (Å²) in [4.78, 5) is 7.19. The van der Waals surface area contributed by atoms with Crippen molar-refractivity contribution in [3.8, 4) is 0 Å². The minimum absolute atomic E-state index is 0.0529. The van der Waals surface area contributed by atoms with Crippen LogP contribution in [0.3, 0.4) is 0 Å². The summed E-state index contributed by atoms with van der Waals surface area (Å²) in [6, 6.07) is 9.27. The van der Waals surface area contributed by atoms with Gasteiger partial charge >= 0.3 is 0 Å². The van der Waals surface area contributed by atoms with Gasteiger partial charge in [0, 0.05) is 13.0 Å². The maximum absolute atomic E-state index is 12.4. The van der Waals surface area contributed by atoms with E-state index >= 15 is 0 Å². The van der Waals surface area contributed by atoms with Crippen LogP contribution in [0.2, 0.25) is 0 Å². The number of nitrogens with one attached hydrogen (secondary N) is 1. The van der Waals surface area contributed by atoms with Crippen LogP contribution in [-0.2, 0) is 28.7 Å². The summed E-state index contributed by atoms with van der Waals surface area (Å²) in [5.41, 5.74) is 2.70. The maximum Gasteiger partial charge on any atom is 0.218 e. The van der Waals surface area contributed by atoms with Gasteiger partial charge in [0.1, 0.15) is 0 Å². The van der Waals surface area contributed by atoms with E-state index in [2.05, 4.69) is 9.97 Å². The molecule has 1 aliphatic rings. The second-order valence-electron chi connectivity index (χ2n) is 4.65. The van der Waals surface area contributed by atoms with Gasteiger partial charge in [0.15, 0.2) is 0 Å². The molecule has 2 heterocycles. The number of aromatic amines is 1. The highest BCUT2D eigenvalue weighted by molar-refractivity contribution is 7.88. The number of sulfonamides is 1. The first-order valence-electron chi connectivity index (χ1n) is 6.18. The Morgan fingerprint density at radius 3 is 2.84 bits per heavy atom. The Hall–Kier alpha value is -1.66. The van der Waals surface area contributed by atoms with Crippen LogP contribution >= 0.6 is 0 Å². The number of rotatable bonds is 3. The van der Waals surface area contributed by atoms with Crippen LogP contribution in [0.15, 0.2) is 36.7 Å². The highest BCUT2D eigenvalue weighted by Gasteiger charge is 2.27. The molecular weight excluding hydrogens is 262 g/mol. The third-order valence-electron chi connectivity index (χ3n) is 3.33. The lowest BCUT2D eigenvalue weighted by atomic mass is 10.2. The van der Waals surface area contributed by atoms with Crippen molar-refractivity contribution in [3.05, 3.63) is 53.6 Å². The van der Waals surface area contributed by atoms with E-state index in [4.69, 9.17) is 0 Å². The monoisotopic (exact) mass is 277 g/mol. The SMILES string of the molecule is O=S(=O)(Cc1ccccc1)N1CCc2nc[nH]c2C1. The Bertz CT molecular complexity index is 664. The van der Waals surface area contributed by atoms with Gasteiger partial charge in [-0.15, -0.1) is 0 Å². The molecule has 1 N–H and O–H groups in total. The minimum atomic E-state index is -3.27. The summed E-state index contributed by atoms with van der Waals surface area (Å²) in [7, 11) is -3.27. The molecule has 2 aromatic rings. The van der Waals surface area contributed by atoms with Crippen LogP contribution in [0.1, 0.15) is 17.0 Å². The van der Waals surface area contributed by atoms with Crippen molar-refractivity contribution in [1.29, 1.82) is 0 Å². The molecular formula is C13H15N3O2S. The van der Waals surface area contributed by atoms with Gasteiger partial charge < -0.3 is 4.98 Å². The second-order valence-corrected chi connectivity index (χ2v) is 6.62. The standard InChI is InChI=1S/C13H15N3O2S/c17-19(18,9-11-4-2-1-3-5-11)16-7-6-12-13(8-16)15-10-14-12/h1-5,10H,6-9H2,(H,14,15). The summed E-state index contributed by atoms with van der Waals surface area (Å²) in [6.07, 6.45) is 2.30. The highest BCUT2D eigenvalue weighted by Crippen LogP contribution is 2.20. The van der Waals surface area contributed by atoms with Crippen molar-refractivity contribution >= 4 is 10.0 Å². The predicted molar refractivity (Wildman–Crippen MR) is 71.8 cm³/mol. The van der Waals surface area contributed by atoms with Crippen LogP contribution in [0.5, 0.6) is 0 Å². The van der Waals surface area contributed by atoms with Crippen molar-refractivity contribution in [2.24, 2.45) is 0 Å². The fourth-order valence-electron chi connectivity index (χ4n) is 2.30. The number of hydrogen-bond donors (Lipinski definition) is 1. The zero-order chi connectivity index (χ0) is 13.3. The molecule has 0 saturated heterocycles. The predicted octanol–water partition coefficient (Wildman–Crippen LogP) is 1.30. The number of imidazole rings is 1. The number of H-pyrrole nitrogens is 1. The topological polar surface area (TPSA) is 66.1 Å². The Kier molecular flexibility index (Phi) is 3.12. The first-order valence-corrected chi connectivity index (χ1v) is 7.79. The van der Waals surface area contributed by atoms with E-state index in [9.17, 15) is 8.42 Å². The summed E-state index contributed by atoms with van der Waals surface area (Å²) in [6.45, 7) is 0.900. The highest BCUT2D eigenvalue weighted by atomic mass is 32.2. The zero-order valence-electron chi connectivity index (χ0n) is 10.4. The fourth-order valence-corrected chi connectivity index (χ4v) is 3.79. The molecule has 0 saturated carbocycles. The second kappa shape index (κ2) is 4.79. The smallest absolute Gasteiger partial charge is 0.218 e. The van der Waals surface area contributed by atoms with E-state index in [1.54, 1.807) is 6.33 Å². The normalized spacial score (nSPS) is 16.2. The number of benzene rings is 1. The van der Waals surface area contributed by atoms with Crippen LogP contribution in [-0.4, -0.2) is 29.2 Å². The van der Waals surface area contributed by atoms with Gasteiger partial charge in [-0.1, -0.05) is 30.3 Å². The number of fused-ring (bicyclic) bond motifs is 1. The maximum atomic E-state index is 12.4. The lowest BCUT2D eigenvalue weighted by Crippen LogP contribution is -2.36. The van der Waals surface area contributed by atoms with E-state index in [-0.39, 0.29) is 5.75 Å². The third-order valence-corrected chi connectivity index (χ3v) is 5.12. The molecule has 5 nitrogen and oxygen atoms in total. The molecule has 0 bridgehead atoms. The molecule has 100 valence electrons.